The van der Waals surface area contributed by atoms with E-state index in [1.807, 2.05) is 19.1 Å². The average Bonchev–Trinajstić information content (AvgIpc) is 2.34. The summed E-state index contributed by atoms with van der Waals surface area (Å²) in [6, 6.07) is 7.26. The van der Waals surface area contributed by atoms with Gasteiger partial charge in [-0.25, -0.2) is 0 Å². The zero-order valence-corrected chi connectivity index (χ0v) is 10.5. The van der Waals surface area contributed by atoms with Gasteiger partial charge in [0.1, 0.15) is 6.61 Å². The Bertz CT molecular complexity index is 379. The standard InChI is InChI=1S/C13H19NO3/c1-9(16-3)8-17-13(15)10(2)11-5-4-6-12(14)7-11/h4-7,9-10H,8,14H2,1-3H3. The lowest BCUT2D eigenvalue weighted by Gasteiger charge is -2.14. The number of benzene rings is 1. The van der Waals surface area contributed by atoms with E-state index in [2.05, 4.69) is 0 Å². The van der Waals surface area contributed by atoms with E-state index in [9.17, 15) is 4.79 Å². The van der Waals surface area contributed by atoms with Crippen LogP contribution in [-0.4, -0.2) is 25.8 Å². The predicted octanol–water partition coefficient (Wildman–Crippen LogP) is 1.95. The topological polar surface area (TPSA) is 61.5 Å². The number of ether oxygens (including phenoxy) is 2. The van der Waals surface area contributed by atoms with E-state index >= 15 is 0 Å². The summed E-state index contributed by atoms with van der Waals surface area (Å²) in [6.07, 6.45) is -0.0907. The van der Waals surface area contributed by atoms with Crippen LogP contribution in [0.2, 0.25) is 0 Å². The number of methoxy groups -OCH3 is 1. The Morgan fingerprint density at radius 1 is 1.41 bits per heavy atom. The first kappa shape index (κ1) is 13.5. The van der Waals surface area contributed by atoms with Gasteiger partial charge in [-0.2, -0.15) is 0 Å². The molecule has 2 N–H and O–H groups in total. The van der Waals surface area contributed by atoms with Crippen molar-refractivity contribution in [3.8, 4) is 0 Å². The van der Waals surface area contributed by atoms with Crippen LogP contribution in [0.5, 0.6) is 0 Å². The molecule has 0 aliphatic carbocycles. The highest BCUT2D eigenvalue weighted by atomic mass is 16.6. The summed E-state index contributed by atoms with van der Waals surface area (Å²) >= 11 is 0. The molecule has 4 nitrogen and oxygen atoms in total. The minimum atomic E-state index is -0.317. The molecule has 0 bridgehead atoms. The molecule has 0 radical (unpaired) electrons. The average molecular weight is 237 g/mol. The molecule has 0 aromatic heterocycles. The highest BCUT2D eigenvalue weighted by molar-refractivity contribution is 5.78. The molecule has 0 fully saturated rings. The number of hydrogen-bond acceptors (Lipinski definition) is 4. The van der Waals surface area contributed by atoms with E-state index in [0.717, 1.165) is 5.56 Å². The molecule has 17 heavy (non-hydrogen) atoms. The lowest BCUT2D eigenvalue weighted by Crippen LogP contribution is -2.20. The highest BCUT2D eigenvalue weighted by Gasteiger charge is 2.17. The van der Waals surface area contributed by atoms with E-state index in [0.29, 0.717) is 5.69 Å². The summed E-state index contributed by atoms with van der Waals surface area (Å²) in [5.74, 6) is -0.581. The summed E-state index contributed by atoms with van der Waals surface area (Å²) in [7, 11) is 1.58. The largest absolute Gasteiger partial charge is 0.462 e. The Morgan fingerprint density at radius 3 is 2.71 bits per heavy atom. The minimum absolute atomic E-state index is 0.0907. The summed E-state index contributed by atoms with van der Waals surface area (Å²) in [5, 5.41) is 0. The van der Waals surface area contributed by atoms with Gasteiger partial charge >= 0.3 is 5.97 Å². The number of hydrogen-bond donors (Lipinski definition) is 1. The molecule has 0 saturated heterocycles. The number of anilines is 1. The van der Waals surface area contributed by atoms with Gasteiger partial charge < -0.3 is 15.2 Å². The Balaban J connectivity index is 2.57. The van der Waals surface area contributed by atoms with Gasteiger partial charge in [0.25, 0.3) is 0 Å². The van der Waals surface area contributed by atoms with Crippen LogP contribution >= 0.6 is 0 Å². The van der Waals surface area contributed by atoms with Gasteiger partial charge in [0.15, 0.2) is 0 Å². The maximum Gasteiger partial charge on any atom is 0.313 e. The van der Waals surface area contributed by atoms with Crippen LogP contribution in [0.15, 0.2) is 24.3 Å². The molecule has 0 heterocycles. The first-order valence-corrected chi connectivity index (χ1v) is 5.59. The van der Waals surface area contributed by atoms with E-state index in [-0.39, 0.29) is 24.6 Å². The molecule has 0 saturated carbocycles. The summed E-state index contributed by atoms with van der Waals surface area (Å²) in [5.41, 5.74) is 7.18. The van der Waals surface area contributed by atoms with Gasteiger partial charge in [0.05, 0.1) is 12.0 Å². The van der Waals surface area contributed by atoms with Gasteiger partial charge in [0, 0.05) is 12.8 Å². The van der Waals surface area contributed by atoms with E-state index in [1.54, 1.807) is 26.2 Å². The first-order valence-electron chi connectivity index (χ1n) is 5.59. The number of carbonyl (C=O) groups is 1. The Labute approximate surface area is 102 Å². The third kappa shape index (κ3) is 4.07. The van der Waals surface area contributed by atoms with Crippen LogP contribution in [0.4, 0.5) is 5.69 Å². The predicted molar refractivity (Wildman–Crippen MR) is 66.7 cm³/mol. The van der Waals surface area contributed by atoms with Crippen LogP contribution < -0.4 is 5.73 Å². The van der Waals surface area contributed by atoms with Crippen molar-refractivity contribution in [2.24, 2.45) is 0 Å². The first-order chi connectivity index (χ1) is 8.04. The van der Waals surface area contributed by atoms with Crippen molar-refractivity contribution in [2.45, 2.75) is 25.9 Å². The summed E-state index contributed by atoms with van der Waals surface area (Å²) in [6.45, 7) is 3.91. The van der Waals surface area contributed by atoms with Gasteiger partial charge in [-0.05, 0) is 31.5 Å². The van der Waals surface area contributed by atoms with Crippen LogP contribution in [0.1, 0.15) is 25.3 Å². The maximum absolute atomic E-state index is 11.8. The summed E-state index contributed by atoms with van der Waals surface area (Å²) in [4.78, 5) is 11.8. The molecular weight excluding hydrogens is 218 g/mol. The zero-order chi connectivity index (χ0) is 12.8. The van der Waals surface area contributed by atoms with Crippen molar-refractivity contribution in [3.05, 3.63) is 29.8 Å². The lowest BCUT2D eigenvalue weighted by atomic mass is 10.0. The Kier molecular flexibility index (Phi) is 4.97. The third-order valence-corrected chi connectivity index (χ3v) is 2.63. The smallest absolute Gasteiger partial charge is 0.313 e. The summed E-state index contributed by atoms with van der Waals surface area (Å²) < 4.78 is 10.2. The van der Waals surface area contributed by atoms with Crippen molar-refractivity contribution in [3.63, 3.8) is 0 Å². The fourth-order valence-electron chi connectivity index (χ4n) is 1.36. The van der Waals surface area contributed by atoms with Crippen molar-refractivity contribution >= 4 is 11.7 Å². The molecule has 1 rings (SSSR count). The van der Waals surface area contributed by atoms with Crippen LogP contribution in [0, 0.1) is 0 Å². The molecule has 2 unspecified atom stereocenters. The van der Waals surface area contributed by atoms with E-state index in [4.69, 9.17) is 15.2 Å². The Morgan fingerprint density at radius 2 is 2.12 bits per heavy atom. The zero-order valence-electron chi connectivity index (χ0n) is 10.5. The minimum Gasteiger partial charge on any atom is -0.462 e. The van der Waals surface area contributed by atoms with Crippen molar-refractivity contribution in [2.75, 3.05) is 19.5 Å². The normalized spacial score (nSPS) is 14.1. The molecule has 1 aromatic rings. The van der Waals surface area contributed by atoms with Gasteiger partial charge in [-0.1, -0.05) is 12.1 Å². The highest BCUT2D eigenvalue weighted by Crippen LogP contribution is 2.19. The van der Waals surface area contributed by atoms with Crippen LogP contribution in [0.25, 0.3) is 0 Å². The van der Waals surface area contributed by atoms with Crippen molar-refractivity contribution in [1.82, 2.24) is 0 Å². The molecule has 94 valence electrons. The third-order valence-electron chi connectivity index (χ3n) is 2.63. The second kappa shape index (κ2) is 6.25. The SMILES string of the molecule is COC(C)COC(=O)C(C)c1cccc(N)c1. The number of carbonyl (C=O) groups excluding carboxylic acids is 1. The molecule has 2 atom stereocenters. The second-order valence-electron chi connectivity index (χ2n) is 4.07. The molecule has 0 spiro atoms. The van der Waals surface area contributed by atoms with Crippen LogP contribution in [0.3, 0.4) is 0 Å². The van der Waals surface area contributed by atoms with Gasteiger partial charge in [0.2, 0.25) is 0 Å². The van der Waals surface area contributed by atoms with Gasteiger partial charge in [-0.3, -0.25) is 4.79 Å². The monoisotopic (exact) mass is 237 g/mol. The molecule has 0 aliphatic heterocycles. The quantitative estimate of drug-likeness (QED) is 0.628. The fourth-order valence-corrected chi connectivity index (χ4v) is 1.36. The van der Waals surface area contributed by atoms with Gasteiger partial charge in [-0.15, -0.1) is 0 Å². The molecule has 1 aromatic carbocycles. The number of nitrogens with two attached hydrogens (primary N) is 1. The van der Waals surface area contributed by atoms with E-state index in [1.165, 1.54) is 0 Å². The van der Waals surface area contributed by atoms with E-state index < -0.39 is 0 Å². The second-order valence-corrected chi connectivity index (χ2v) is 4.07. The molecular formula is C13H19NO3. The lowest BCUT2D eigenvalue weighted by molar-refractivity contribution is -0.148. The fraction of sp³-hybridized carbons (Fsp3) is 0.462. The maximum atomic E-state index is 11.8. The molecule has 0 amide bonds. The molecule has 4 heteroatoms. The number of esters is 1. The number of nitrogen functional groups attached to an aromatic ring is 1. The number of rotatable bonds is 5. The van der Waals surface area contributed by atoms with Crippen molar-refractivity contribution < 1.29 is 14.3 Å². The Hall–Kier alpha value is -1.55. The van der Waals surface area contributed by atoms with Crippen molar-refractivity contribution in [1.29, 1.82) is 0 Å². The van der Waals surface area contributed by atoms with Crippen LogP contribution in [-0.2, 0) is 14.3 Å². The molecule has 0 aliphatic rings.